The third-order valence-corrected chi connectivity index (χ3v) is 3.17. The molecule has 19 heavy (non-hydrogen) atoms. The minimum atomic E-state index is -0.303. The van der Waals surface area contributed by atoms with E-state index in [1.807, 2.05) is 12.1 Å². The average molecular weight is 295 g/mol. The second-order valence-electron chi connectivity index (χ2n) is 4.02. The van der Waals surface area contributed by atoms with Crippen molar-refractivity contribution in [2.45, 2.75) is 6.54 Å². The van der Waals surface area contributed by atoms with E-state index in [0.717, 1.165) is 5.56 Å². The largest absolute Gasteiger partial charge is 0.398 e. The lowest BCUT2D eigenvalue weighted by Gasteiger charge is -2.09. The van der Waals surface area contributed by atoms with Gasteiger partial charge in [-0.2, -0.15) is 0 Å². The van der Waals surface area contributed by atoms with Gasteiger partial charge in [0.15, 0.2) is 0 Å². The van der Waals surface area contributed by atoms with E-state index < -0.39 is 0 Å². The number of halogens is 2. The van der Waals surface area contributed by atoms with Gasteiger partial charge in [-0.3, -0.25) is 4.79 Å². The summed E-state index contributed by atoms with van der Waals surface area (Å²) in [6, 6.07) is 12.2. The van der Waals surface area contributed by atoms with E-state index in [1.165, 1.54) is 0 Å². The van der Waals surface area contributed by atoms with Crippen LogP contribution in [-0.2, 0) is 6.54 Å². The molecule has 0 saturated carbocycles. The molecule has 2 aromatic rings. The fourth-order valence-electron chi connectivity index (χ4n) is 1.70. The van der Waals surface area contributed by atoms with Crippen LogP contribution in [-0.4, -0.2) is 5.91 Å². The summed E-state index contributed by atoms with van der Waals surface area (Å²) in [4.78, 5) is 12.0. The summed E-state index contributed by atoms with van der Waals surface area (Å²) in [5, 5.41) is 3.73. The third kappa shape index (κ3) is 3.40. The maximum atomic E-state index is 12.0. The van der Waals surface area contributed by atoms with Crippen LogP contribution < -0.4 is 11.1 Å². The maximum absolute atomic E-state index is 12.0. The molecule has 3 nitrogen and oxygen atoms in total. The number of nitrogens with one attached hydrogen (secondary N) is 1. The second-order valence-corrected chi connectivity index (χ2v) is 4.86. The minimum Gasteiger partial charge on any atom is -0.398 e. The molecule has 0 saturated heterocycles. The number of carbonyl (C=O) groups excluding carboxylic acids is 1. The van der Waals surface area contributed by atoms with E-state index in [4.69, 9.17) is 28.9 Å². The number of benzene rings is 2. The normalized spacial score (nSPS) is 10.2. The summed E-state index contributed by atoms with van der Waals surface area (Å²) in [6.07, 6.45) is 0. The number of rotatable bonds is 3. The Hall–Kier alpha value is -1.71. The predicted octanol–water partition coefficient (Wildman–Crippen LogP) is 3.51. The van der Waals surface area contributed by atoms with Crippen molar-refractivity contribution < 1.29 is 4.79 Å². The van der Waals surface area contributed by atoms with Crippen molar-refractivity contribution in [2.24, 2.45) is 0 Å². The van der Waals surface area contributed by atoms with Crippen molar-refractivity contribution in [2.75, 3.05) is 5.73 Å². The lowest BCUT2D eigenvalue weighted by Crippen LogP contribution is -2.24. The number of hydrogen-bond acceptors (Lipinski definition) is 2. The summed E-state index contributed by atoms with van der Waals surface area (Å²) in [5.74, 6) is -0.303. The van der Waals surface area contributed by atoms with Gasteiger partial charge in [0, 0.05) is 17.3 Å². The first kappa shape index (κ1) is 13.7. The first-order valence-corrected chi connectivity index (χ1v) is 6.40. The Labute approximate surface area is 121 Å². The van der Waals surface area contributed by atoms with Gasteiger partial charge in [0.05, 0.1) is 10.6 Å². The highest BCUT2D eigenvalue weighted by Crippen LogP contribution is 2.21. The van der Waals surface area contributed by atoms with Gasteiger partial charge in [-0.25, -0.2) is 0 Å². The number of nitrogen functional groups attached to an aromatic ring is 1. The van der Waals surface area contributed by atoms with Crippen molar-refractivity contribution in [3.8, 4) is 0 Å². The molecule has 2 aromatic carbocycles. The Bertz CT molecular complexity index is 594. The van der Waals surface area contributed by atoms with E-state index in [0.29, 0.717) is 27.8 Å². The van der Waals surface area contributed by atoms with Crippen LogP contribution in [0.1, 0.15) is 15.9 Å². The molecule has 0 aliphatic rings. The zero-order valence-electron chi connectivity index (χ0n) is 9.99. The Morgan fingerprint density at radius 1 is 1.16 bits per heavy atom. The standard InChI is InChI=1S/C14H12Cl2N2O/c15-10-4-1-3-9(7-10)8-18-14(19)13-11(16)5-2-6-12(13)17/h1-7H,8,17H2,(H,18,19). The van der Waals surface area contributed by atoms with Crippen LogP contribution in [0.5, 0.6) is 0 Å². The Morgan fingerprint density at radius 3 is 2.58 bits per heavy atom. The Morgan fingerprint density at radius 2 is 1.89 bits per heavy atom. The molecule has 0 aliphatic heterocycles. The van der Waals surface area contributed by atoms with Gasteiger partial charge >= 0.3 is 0 Å². The summed E-state index contributed by atoms with van der Waals surface area (Å²) in [6.45, 7) is 0.365. The smallest absolute Gasteiger partial charge is 0.255 e. The van der Waals surface area contributed by atoms with Gasteiger partial charge in [-0.1, -0.05) is 41.4 Å². The summed E-state index contributed by atoms with van der Waals surface area (Å²) < 4.78 is 0. The van der Waals surface area contributed by atoms with E-state index in [2.05, 4.69) is 5.32 Å². The fourth-order valence-corrected chi connectivity index (χ4v) is 2.18. The van der Waals surface area contributed by atoms with E-state index in [1.54, 1.807) is 30.3 Å². The molecular weight excluding hydrogens is 283 g/mol. The molecule has 0 aliphatic carbocycles. The molecule has 0 heterocycles. The van der Waals surface area contributed by atoms with Gasteiger partial charge in [-0.05, 0) is 29.8 Å². The summed E-state index contributed by atoms with van der Waals surface area (Å²) in [7, 11) is 0. The molecule has 0 spiro atoms. The van der Waals surface area contributed by atoms with E-state index in [9.17, 15) is 4.79 Å². The van der Waals surface area contributed by atoms with Crippen LogP contribution >= 0.6 is 23.2 Å². The number of nitrogens with two attached hydrogens (primary N) is 1. The fraction of sp³-hybridized carbons (Fsp3) is 0.0714. The van der Waals surface area contributed by atoms with Crippen molar-refractivity contribution in [3.63, 3.8) is 0 Å². The molecular formula is C14H12Cl2N2O. The lowest BCUT2D eigenvalue weighted by molar-refractivity contribution is 0.0952. The highest BCUT2D eigenvalue weighted by atomic mass is 35.5. The molecule has 0 aromatic heterocycles. The van der Waals surface area contributed by atoms with Crippen molar-refractivity contribution in [1.82, 2.24) is 5.32 Å². The van der Waals surface area contributed by atoms with Crippen LogP contribution in [0.3, 0.4) is 0 Å². The quantitative estimate of drug-likeness (QED) is 0.851. The highest BCUT2D eigenvalue weighted by molar-refractivity contribution is 6.34. The number of amides is 1. The zero-order valence-corrected chi connectivity index (χ0v) is 11.5. The molecule has 0 atom stereocenters. The third-order valence-electron chi connectivity index (χ3n) is 2.61. The van der Waals surface area contributed by atoms with E-state index >= 15 is 0 Å². The minimum absolute atomic E-state index is 0.297. The summed E-state index contributed by atoms with van der Waals surface area (Å²) >= 11 is 11.8. The molecule has 3 N–H and O–H groups in total. The molecule has 0 fully saturated rings. The van der Waals surface area contributed by atoms with E-state index in [-0.39, 0.29) is 5.91 Å². The number of anilines is 1. The zero-order chi connectivity index (χ0) is 13.8. The lowest BCUT2D eigenvalue weighted by atomic mass is 10.1. The van der Waals surface area contributed by atoms with Crippen LogP contribution in [0, 0.1) is 0 Å². The molecule has 0 bridgehead atoms. The van der Waals surface area contributed by atoms with Gasteiger partial charge in [-0.15, -0.1) is 0 Å². The van der Waals surface area contributed by atoms with Gasteiger partial charge in [0.25, 0.3) is 5.91 Å². The Kier molecular flexibility index (Phi) is 4.30. The summed E-state index contributed by atoms with van der Waals surface area (Å²) in [5.41, 5.74) is 7.31. The Balaban J connectivity index is 2.10. The SMILES string of the molecule is Nc1cccc(Cl)c1C(=O)NCc1cccc(Cl)c1. The molecule has 0 unspecified atom stereocenters. The van der Waals surface area contributed by atoms with Gasteiger partial charge < -0.3 is 11.1 Å². The second kappa shape index (κ2) is 5.95. The van der Waals surface area contributed by atoms with Gasteiger partial charge in [0.2, 0.25) is 0 Å². The van der Waals surface area contributed by atoms with Crippen LogP contribution in [0.25, 0.3) is 0 Å². The number of hydrogen-bond donors (Lipinski definition) is 2. The van der Waals surface area contributed by atoms with Crippen molar-refractivity contribution >= 4 is 34.8 Å². The highest BCUT2D eigenvalue weighted by Gasteiger charge is 2.13. The topological polar surface area (TPSA) is 55.1 Å². The molecule has 2 rings (SSSR count). The molecule has 5 heteroatoms. The monoisotopic (exact) mass is 294 g/mol. The van der Waals surface area contributed by atoms with Crippen LogP contribution in [0.4, 0.5) is 5.69 Å². The first-order valence-electron chi connectivity index (χ1n) is 5.64. The first-order chi connectivity index (χ1) is 9.08. The van der Waals surface area contributed by atoms with Gasteiger partial charge in [0.1, 0.15) is 0 Å². The van der Waals surface area contributed by atoms with Crippen LogP contribution in [0.2, 0.25) is 10.0 Å². The average Bonchev–Trinajstić information content (AvgIpc) is 2.36. The predicted molar refractivity (Wildman–Crippen MR) is 78.5 cm³/mol. The van der Waals surface area contributed by atoms with Crippen molar-refractivity contribution in [1.29, 1.82) is 0 Å². The maximum Gasteiger partial charge on any atom is 0.255 e. The van der Waals surface area contributed by atoms with Crippen molar-refractivity contribution in [3.05, 3.63) is 63.6 Å². The molecule has 1 amide bonds. The molecule has 98 valence electrons. The van der Waals surface area contributed by atoms with Crippen LogP contribution in [0.15, 0.2) is 42.5 Å². The molecule has 0 radical (unpaired) electrons. The number of carbonyl (C=O) groups is 1.